The van der Waals surface area contributed by atoms with Gasteiger partial charge in [-0.1, -0.05) is 30.5 Å². The Labute approximate surface area is 126 Å². The number of ether oxygens (including phenoxy) is 1. The zero-order chi connectivity index (χ0) is 15.1. The first-order valence-electron chi connectivity index (χ1n) is 7.78. The standard InChI is InChI=1S/C17H25NO3/c1-13-6-8-15(9-7-13)21-11-10-17(20)18-16-5-3-2-4-14(16)12-19/h6-9,14,16,19H,2-5,10-12H2,1H3,(H,18,20). The minimum absolute atomic E-state index is 0.00691. The first-order chi connectivity index (χ1) is 10.2. The summed E-state index contributed by atoms with van der Waals surface area (Å²) in [6.45, 7) is 2.56. The third-order valence-corrected chi connectivity index (χ3v) is 4.11. The second kappa shape index (κ2) is 8.03. The molecule has 2 N–H and O–H groups in total. The second-order valence-electron chi connectivity index (χ2n) is 5.81. The maximum Gasteiger partial charge on any atom is 0.223 e. The van der Waals surface area contributed by atoms with Crippen molar-refractivity contribution < 1.29 is 14.6 Å². The van der Waals surface area contributed by atoms with E-state index in [0.29, 0.717) is 13.0 Å². The number of aliphatic hydroxyl groups is 1. The van der Waals surface area contributed by atoms with Gasteiger partial charge in [0.15, 0.2) is 0 Å². The number of benzene rings is 1. The fourth-order valence-electron chi connectivity index (χ4n) is 2.79. The van der Waals surface area contributed by atoms with Gasteiger partial charge in [-0.15, -0.1) is 0 Å². The molecule has 0 aromatic heterocycles. The van der Waals surface area contributed by atoms with Crippen LogP contribution in [0.3, 0.4) is 0 Å². The van der Waals surface area contributed by atoms with E-state index in [-0.39, 0.29) is 24.5 Å². The predicted octanol–water partition coefficient (Wildman–Crippen LogP) is 2.43. The van der Waals surface area contributed by atoms with Crippen molar-refractivity contribution in [3.8, 4) is 5.75 Å². The van der Waals surface area contributed by atoms with Gasteiger partial charge in [-0.2, -0.15) is 0 Å². The molecule has 4 heteroatoms. The predicted molar refractivity (Wildman–Crippen MR) is 82.3 cm³/mol. The van der Waals surface area contributed by atoms with Gasteiger partial charge >= 0.3 is 0 Å². The van der Waals surface area contributed by atoms with Gasteiger partial charge in [0.1, 0.15) is 5.75 Å². The Kier molecular flexibility index (Phi) is 6.05. The highest BCUT2D eigenvalue weighted by Gasteiger charge is 2.25. The van der Waals surface area contributed by atoms with E-state index in [1.807, 2.05) is 31.2 Å². The zero-order valence-corrected chi connectivity index (χ0v) is 12.7. The minimum atomic E-state index is 0.00691. The smallest absolute Gasteiger partial charge is 0.223 e. The number of hydrogen-bond donors (Lipinski definition) is 2. The molecule has 0 spiro atoms. The van der Waals surface area contributed by atoms with Crippen molar-refractivity contribution in [2.45, 2.75) is 45.1 Å². The number of nitrogens with one attached hydrogen (secondary N) is 1. The summed E-state index contributed by atoms with van der Waals surface area (Å²) >= 11 is 0. The number of aliphatic hydroxyl groups excluding tert-OH is 1. The van der Waals surface area contributed by atoms with Crippen molar-refractivity contribution in [2.24, 2.45) is 5.92 Å². The first-order valence-corrected chi connectivity index (χ1v) is 7.78. The van der Waals surface area contributed by atoms with E-state index >= 15 is 0 Å². The molecule has 116 valence electrons. The van der Waals surface area contributed by atoms with Crippen LogP contribution in [0.15, 0.2) is 24.3 Å². The number of carbonyl (C=O) groups is 1. The summed E-state index contributed by atoms with van der Waals surface area (Å²) in [6.07, 6.45) is 4.59. The lowest BCUT2D eigenvalue weighted by atomic mass is 9.85. The number of rotatable bonds is 6. The summed E-state index contributed by atoms with van der Waals surface area (Å²) in [5, 5.41) is 12.4. The highest BCUT2D eigenvalue weighted by molar-refractivity contribution is 5.76. The molecule has 0 heterocycles. The van der Waals surface area contributed by atoms with Crippen LogP contribution in [0.25, 0.3) is 0 Å². The number of amides is 1. The van der Waals surface area contributed by atoms with Gasteiger partial charge in [-0.3, -0.25) is 4.79 Å². The molecule has 1 aliphatic carbocycles. The summed E-state index contributed by atoms with van der Waals surface area (Å²) in [4.78, 5) is 11.9. The van der Waals surface area contributed by atoms with Crippen LogP contribution in [0.2, 0.25) is 0 Å². The van der Waals surface area contributed by atoms with Crippen molar-refractivity contribution in [3.05, 3.63) is 29.8 Å². The van der Waals surface area contributed by atoms with Gasteiger partial charge in [-0.05, 0) is 31.9 Å². The summed E-state index contributed by atoms with van der Waals surface area (Å²) in [5.74, 6) is 1.01. The fraction of sp³-hybridized carbons (Fsp3) is 0.588. The maximum atomic E-state index is 11.9. The van der Waals surface area contributed by atoms with E-state index < -0.39 is 0 Å². The largest absolute Gasteiger partial charge is 0.493 e. The van der Waals surface area contributed by atoms with E-state index in [0.717, 1.165) is 31.4 Å². The highest BCUT2D eigenvalue weighted by Crippen LogP contribution is 2.24. The Balaban J connectivity index is 1.70. The van der Waals surface area contributed by atoms with Crippen LogP contribution in [-0.2, 0) is 4.79 Å². The lowest BCUT2D eigenvalue weighted by Gasteiger charge is -2.30. The zero-order valence-electron chi connectivity index (χ0n) is 12.7. The lowest BCUT2D eigenvalue weighted by Crippen LogP contribution is -2.43. The van der Waals surface area contributed by atoms with Crippen LogP contribution in [0.4, 0.5) is 0 Å². The van der Waals surface area contributed by atoms with Crippen LogP contribution in [-0.4, -0.2) is 30.3 Å². The Morgan fingerprint density at radius 1 is 1.29 bits per heavy atom. The molecular formula is C17H25NO3. The molecule has 1 aliphatic rings. The molecule has 0 radical (unpaired) electrons. The lowest BCUT2D eigenvalue weighted by molar-refractivity contribution is -0.123. The van der Waals surface area contributed by atoms with Crippen molar-refractivity contribution in [1.29, 1.82) is 0 Å². The number of aryl methyl sites for hydroxylation is 1. The quantitative estimate of drug-likeness (QED) is 0.846. The fourth-order valence-corrected chi connectivity index (χ4v) is 2.79. The van der Waals surface area contributed by atoms with Gasteiger partial charge in [0, 0.05) is 18.6 Å². The molecule has 4 nitrogen and oxygen atoms in total. The maximum absolute atomic E-state index is 11.9. The van der Waals surface area contributed by atoms with Crippen LogP contribution in [0.5, 0.6) is 5.75 Å². The summed E-state index contributed by atoms with van der Waals surface area (Å²) in [5.41, 5.74) is 1.19. The summed E-state index contributed by atoms with van der Waals surface area (Å²) in [6, 6.07) is 7.93. The molecular weight excluding hydrogens is 266 g/mol. The molecule has 0 bridgehead atoms. The molecule has 21 heavy (non-hydrogen) atoms. The van der Waals surface area contributed by atoms with Crippen molar-refractivity contribution >= 4 is 5.91 Å². The summed E-state index contributed by atoms with van der Waals surface area (Å²) in [7, 11) is 0. The third kappa shape index (κ3) is 5.05. The van der Waals surface area contributed by atoms with Crippen molar-refractivity contribution in [3.63, 3.8) is 0 Å². The Bertz CT molecular complexity index is 444. The SMILES string of the molecule is Cc1ccc(OCCC(=O)NC2CCCCC2CO)cc1. The first kappa shape index (κ1) is 15.8. The molecule has 2 rings (SSSR count). The molecule has 1 saturated carbocycles. The minimum Gasteiger partial charge on any atom is -0.493 e. The van der Waals surface area contributed by atoms with Gasteiger partial charge in [-0.25, -0.2) is 0 Å². The molecule has 1 aromatic carbocycles. The highest BCUT2D eigenvalue weighted by atomic mass is 16.5. The Morgan fingerprint density at radius 2 is 2.00 bits per heavy atom. The van der Waals surface area contributed by atoms with E-state index in [2.05, 4.69) is 5.32 Å². The molecule has 0 saturated heterocycles. The van der Waals surface area contributed by atoms with Gasteiger partial charge < -0.3 is 15.2 Å². The molecule has 1 aromatic rings. The van der Waals surface area contributed by atoms with Gasteiger partial charge in [0.05, 0.1) is 13.0 Å². The van der Waals surface area contributed by atoms with Gasteiger partial charge in [0.2, 0.25) is 5.91 Å². The third-order valence-electron chi connectivity index (χ3n) is 4.11. The second-order valence-corrected chi connectivity index (χ2v) is 5.81. The van der Waals surface area contributed by atoms with Crippen LogP contribution in [0.1, 0.15) is 37.7 Å². The molecule has 1 fully saturated rings. The average Bonchev–Trinajstić information content (AvgIpc) is 2.50. The molecule has 0 aliphatic heterocycles. The molecule has 2 atom stereocenters. The molecule has 2 unspecified atom stereocenters. The topological polar surface area (TPSA) is 58.6 Å². The normalized spacial score (nSPS) is 21.8. The Hall–Kier alpha value is -1.55. The van der Waals surface area contributed by atoms with Gasteiger partial charge in [0.25, 0.3) is 0 Å². The van der Waals surface area contributed by atoms with E-state index in [1.54, 1.807) is 0 Å². The monoisotopic (exact) mass is 291 g/mol. The molecule has 1 amide bonds. The van der Waals surface area contributed by atoms with E-state index in [1.165, 1.54) is 5.56 Å². The van der Waals surface area contributed by atoms with Crippen LogP contribution < -0.4 is 10.1 Å². The van der Waals surface area contributed by atoms with Crippen molar-refractivity contribution in [2.75, 3.05) is 13.2 Å². The summed E-state index contributed by atoms with van der Waals surface area (Å²) < 4.78 is 5.56. The number of hydrogen-bond acceptors (Lipinski definition) is 3. The van der Waals surface area contributed by atoms with E-state index in [4.69, 9.17) is 4.74 Å². The van der Waals surface area contributed by atoms with Crippen LogP contribution in [0, 0.1) is 12.8 Å². The average molecular weight is 291 g/mol. The van der Waals surface area contributed by atoms with Crippen LogP contribution >= 0.6 is 0 Å². The van der Waals surface area contributed by atoms with Crippen molar-refractivity contribution in [1.82, 2.24) is 5.32 Å². The Morgan fingerprint density at radius 3 is 2.71 bits per heavy atom. The number of carbonyl (C=O) groups excluding carboxylic acids is 1. The van der Waals surface area contributed by atoms with E-state index in [9.17, 15) is 9.90 Å².